The highest BCUT2D eigenvalue weighted by atomic mass is 19.1. The molecule has 2 amide bonds. The highest BCUT2D eigenvalue weighted by molar-refractivity contribution is 5.73. The standard InChI is InChI=1S/C13H23FN2O3/c14-7-4-8-15-12(17)16-9-11-10-18-13(19-11)5-2-1-3-6-13/h11H,1-10H2,(H2,15,16,17)/t11-/m1/s1. The summed E-state index contributed by atoms with van der Waals surface area (Å²) >= 11 is 0. The second kappa shape index (κ2) is 7.05. The van der Waals surface area contributed by atoms with E-state index >= 15 is 0 Å². The number of urea groups is 1. The molecule has 2 aliphatic rings. The van der Waals surface area contributed by atoms with E-state index in [1.807, 2.05) is 0 Å². The number of hydrogen-bond donors (Lipinski definition) is 2. The first-order valence-electron chi connectivity index (χ1n) is 7.13. The summed E-state index contributed by atoms with van der Waals surface area (Å²) in [5, 5.41) is 5.32. The number of alkyl halides is 1. The Morgan fingerprint density at radius 3 is 2.79 bits per heavy atom. The average molecular weight is 274 g/mol. The summed E-state index contributed by atoms with van der Waals surface area (Å²) < 4.78 is 23.6. The lowest BCUT2D eigenvalue weighted by Crippen LogP contribution is -2.41. The molecule has 1 aliphatic carbocycles. The second-order valence-electron chi connectivity index (χ2n) is 5.20. The molecule has 1 saturated carbocycles. The zero-order chi connectivity index (χ0) is 13.6. The Morgan fingerprint density at radius 2 is 2.05 bits per heavy atom. The summed E-state index contributed by atoms with van der Waals surface area (Å²) in [6.45, 7) is 0.907. The summed E-state index contributed by atoms with van der Waals surface area (Å²) in [5.41, 5.74) is 0. The lowest BCUT2D eigenvalue weighted by atomic mass is 9.94. The molecule has 2 fully saturated rings. The molecule has 1 saturated heterocycles. The molecule has 0 aromatic carbocycles. The fourth-order valence-corrected chi connectivity index (χ4v) is 2.61. The number of carbonyl (C=O) groups excluding carboxylic acids is 1. The van der Waals surface area contributed by atoms with E-state index in [1.54, 1.807) is 0 Å². The monoisotopic (exact) mass is 274 g/mol. The van der Waals surface area contributed by atoms with E-state index in [-0.39, 0.29) is 12.1 Å². The predicted octanol–water partition coefficient (Wildman–Crippen LogP) is 1.72. The zero-order valence-electron chi connectivity index (χ0n) is 11.3. The van der Waals surface area contributed by atoms with Crippen LogP contribution in [0.1, 0.15) is 38.5 Å². The number of hydrogen-bond acceptors (Lipinski definition) is 3. The van der Waals surface area contributed by atoms with Crippen LogP contribution in [0.3, 0.4) is 0 Å². The number of ether oxygens (including phenoxy) is 2. The minimum Gasteiger partial charge on any atom is -0.347 e. The van der Waals surface area contributed by atoms with E-state index in [4.69, 9.17) is 9.47 Å². The van der Waals surface area contributed by atoms with Crippen LogP contribution in [-0.4, -0.2) is 44.3 Å². The Hall–Kier alpha value is -0.880. The Morgan fingerprint density at radius 1 is 1.26 bits per heavy atom. The Balaban J connectivity index is 1.63. The first kappa shape index (κ1) is 14.5. The van der Waals surface area contributed by atoms with Crippen molar-refractivity contribution in [2.45, 2.75) is 50.4 Å². The number of nitrogens with one attached hydrogen (secondary N) is 2. The minimum atomic E-state index is -0.414. The maximum Gasteiger partial charge on any atom is 0.314 e. The molecule has 2 N–H and O–H groups in total. The lowest BCUT2D eigenvalue weighted by Gasteiger charge is -2.31. The Labute approximate surface area is 113 Å². The molecule has 1 aliphatic heterocycles. The van der Waals surface area contributed by atoms with Crippen LogP contribution >= 0.6 is 0 Å². The van der Waals surface area contributed by atoms with E-state index in [2.05, 4.69) is 10.6 Å². The highest BCUT2D eigenvalue weighted by Crippen LogP contribution is 2.37. The molecule has 1 atom stereocenters. The summed E-state index contributed by atoms with van der Waals surface area (Å²) in [6, 6.07) is -0.276. The fraction of sp³-hybridized carbons (Fsp3) is 0.923. The zero-order valence-corrected chi connectivity index (χ0v) is 11.3. The lowest BCUT2D eigenvalue weighted by molar-refractivity contribution is -0.186. The molecule has 110 valence electrons. The quantitative estimate of drug-likeness (QED) is 0.750. The van der Waals surface area contributed by atoms with Gasteiger partial charge in [0, 0.05) is 25.9 Å². The topological polar surface area (TPSA) is 59.6 Å². The van der Waals surface area contributed by atoms with Gasteiger partial charge in [0.1, 0.15) is 6.10 Å². The van der Waals surface area contributed by atoms with Crippen molar-refractivity contribution in [1.82, 2.24) is 10.6 Å². The third-order valence-corrected chi connectivity index (χ3v) is 3.62. The van der Waals surface area contributed by atoms with Crippen LogP contribution in [0.5, 0.6) is 0 Å². The molecule has 0 radical (unpaired) electrons. The van der Waals surface area contributed by atoms with Crippen molar-refractivity contribution in [2.75, 3.05) is 26.4 Å². The van der Waals surface area contributed by atoms with Gasteiger partial charge in [-0.15, -0.1) is 0 Å². The molecule has 6 heteroatoms. The van der Waals surface area contributed by atoms with Gasteiger partial charge in [0.15, 0.2) is 5.79 Å². The SMILES string of the molecule is O=C(NCCCF)NC[C@@H]1COC2(CCCCC2)O1. The van der Waals surface area contributed by atoms with Gasteiger partial charge < -0.3 is 20.1 Å². The normalized spacial score (nSPS) is 25.4. The van der Waals surface area contributed by atoms with Crippen molar-refractivity contribution in [2.24, 2.45) is 0 Å². The second-order valence-corrected chi connectivity index (χ2v) is 5.20. The van der Waals surface area contributed by atoms with Crippen molar-refractivity contribution in [1.29, 1.82) is 0 Å². The molecular weight excluding hydrogens is 251 g/mol. The molecule has 5 nitrogen and oxygen atoms in total. The van der Waals surface area contributed by atoms with Gasteiger partial charge in [-0.1, -0.05) is 6.42 Å². The molecular formula is C13H23FN2O3. The largest absolute Gasteiger partial charge is 0.347 e. The van der Waals surface area contributed by atoms with Gasteiger partial charge in [0.25, 0.3) is 0 Å². The van der Waals surface area contributed by atoms with Crippen molar-refractivity contribution < 1.29 is 18.7 Å². The van der Waals surface area contributed by atoms with Crippen molar-refractivity contribution in [3.05, 3.63) is 0 Å². The number of carbonyl (C=O) groups is 1. The van der Waals surface area contributed by atoms with Gasteiger partial charge in [-0.05, 0) is 19.3 Å². The number of amides is 2. The summed E-state index contributed by atoms with van der Waals surface area (Å²) in [5.74, 6) is -0.394. The van der Waals surface area contributed by atoms with Crippen LogP contribution in [0, 0.1) is 0 Å². The van der Waals surface area contributed by atoms with E-state index in [0.29, 0.717) is 26.1 Å². The van der Waals surface area contributed by atoms with Crippen LogP contribution in [0.2, 0.25) is 0 Å². The first-order chi connectivity index (χ1) is 9.24. The molecule has 0 aromatic rings. The van der Waals surface area contributed by atoms with E-state index in [0.717, 1.165) is 25.7 Å². The van der Waals surface area contributed by atoms with Gasteiger partial charge in [0.2, 0.25) is 0 Å². The van der Waals surface area contributed by atoms with Gasteiger partial charge in [-0.2, -0.15) is 0 Å². The van der Waals surface area contributed by atoms with E-state index < -0.39 is 12.5 Å². The van der Waals surface area contributed by atoms with E-state index in [1.165, 1.54) is 6.42 Å². The van der Waals surface area contributed by atoms with Crippen LogP contribution in [0.15, 0.2) is 0 Å². The van der Waals surface area contributed by atoms with Gasteiger partial charge in [0.05, 0.1) is 13.3 Å². The molecule has 1 heterocycles. The molecule has 1 spiro atoms. The number of halogens is 1. The molecule has 0 aromatic heterocycles. The maximum atomic E-state index is 11.9. The highest BCUT2D eigenvalue weighted by Gasteiger charge is 2.42. The average Bonchev–Trinajstić information content (AvgIpc) is 2.81. The predicted molar refractivity (Wildman–Crippen MR) is 68.6 cm³/mol. The Bertz CT molecular complexity index is 296. The summed E-state index contributed by atoms with van der Waals surface area (Å²) in [6.07, 6.45) is 5.70. The van der Waals surface area contributed by atoms with E-state index in [9.17, 15) is 9.18 Å². The fourth-order valence-electron chi connectivity index (χ4n) is 2.61. The van der Waals surface area contributed by atoms with Crippen molar-refractivity contribution in [3.8, 4) is 0 Å². The molecule has 0 bridgehead atoms. The maximum absolute atomic E-state index is 11.9. The smallest absolute Gasteiger partial charge is 0.314 e. The van der Waals surface area contributed by atoms with Crippen LogP contribution in [0.4, 0.5) is 9.18 Å². The minimum absolute atomic E-state index is 0.0787. The van der Waals surface area contributed by atoms with Crippen molar-refractivity contribution >= 4 is 6.03 Å². The third-order valence-electron chi connectivity index (χ3n) is 3.62. The van der Waals surface area contributed by atoms with Gasteiger partial charge >= 0.3 is 6.03 Å². The summed E-state index contributed by atoms with van der Waals surface area (Å²) in [4.78, 5) is 11.4. The molecule has 0 unspecified atom stereocenters. The van der Waals surface area contributed by atoms with Crippen LogP contribution in [-0.2, 0) is 9.47 Å². The first-order valence-corrected chi connectivity index (χ1v) is 7.13. The summed E-state index contributed by atoms with van der Waals surface area (Å²) in [7, 11) is 0. The van der Waals surface area contributed by atoms with Gasteiger partial charge in [-0.25, -0.2) is 4.79 Å². The number of rotatable bonds is 5. The van der Waals surface area contributed by atoms with Crippen LogP contribution in [0.25, 0.3) is 0 Å². The van der Waals surface area contributed by atoms with Crippen molar-refractivity contribution in [3.63, 3.8) is 0 Å². The third kappa shape index (κ3) is 4.31. The molecule has 19 heavy (non-hydrogen) atoms. The van der Waals surface area contributed by atoms with Gasteiger partial charge in [-0.3, -0.25) is 4.39 Å². The molecule has 2 rings (SSSR count). The Kier molecular flexibility index (Phi) is 5.39. The van der Waals surface area contributed by atoms with Crippen LogP contribution < -0.4 is 10.6 Å².